The first-order chi connectivity index (χ1) is 14.0. The van der Waals surface area contributed by atoms with Crippen molar-refractivity contribution in [2.24, 2.45) is 0 Å². The van der Waals surface area contributed by atoms with Gasteiger partial charge in [-0.3, -0.25) is 9.36 Å². The van der Waals surface area contributed by atoms with E-state index in [9.17, 15) is 4.79 Å². The summed E-state index contributed by atoms with van der Waals surface area (Å²) in [5.74, 6) is 1.60. The van der Waals surface area contributed by atoms with Crippen LogP contribution in [0.15, 0.2) is 59.0 Å². The van der Waals surface area contributed by atoms with Crippen molar-refractivity contribution >= 4 is 21.6 Å². The Balaban J connectivity index is 1.59. The minimum absolute atomic E-state index is 0.0499. The van der Waals surface area contributed by atoms with Crippen LogP contribution < -0.4 is 15.0 Å². The normalized spacial score (nSPS) is 11.0. The van der Waals surface area contributed by atoms with Gasteiger partial charge in [0.1, 0.15) is 22.9 Å². The fraction of sp³-hybridized carbons (Fsp3) is 0.217. The van der Waals surface area contributed by atoms with Crippen molar-refractivity contribution in [3.8, 4) is 22.6 Å². The van der Waals surface area contributed by atoms with Crippen molar-refractivity contribution in [2.45, 2.75) is 20.4 Å². The largest absolute Gasteiger partial charge is 0.497 e. The zero-order chi connectivity index (χ0) is 20.4. The second-order valence-electron chi connectivity index (χ2n) is 6.97. The fourth-order valence-corrected chi connectivity index (χ4v) is 4.29. The van der Waals surface area contributed by atoms with E-state index in [1.165, 1.54) is 11.3 Å². The first kappa shape index (κ1) is 19.2. The minimum atomic E-state index is -0.0499. The van der Waals surface area contributed by atoms with Crippen LogP contribution in [0.25, 0.3) is 21.3 Å². The first-order valence-electron chi connectivity index (χ1n) is 9.37. The molecule has 148 valence electrons. The van der Waals surface area contributed by atoms with Crippen molar-refractivity contribution in [1.82, 2.24) is 9.55 Å². The number of thiophene rings is 1. The predicted octanol–water partition coefficient (Wildman–Crippen LogP) is 4.83. The van der Waals surface area contributed by atoms with Crippen LogP contribution in [0, 0.1) is 13.8 Å². The lowest BCUT2D eigenvalue weighted by atomic mass is 10.1. The summed E-state index contributed by atoms with van der Waals surface area (Å²) in [6.45, 7) is 4.92. The SMILES string of the molecule is COc1ccc(-c2csc3ncn(CCOc4cc(C)cc(C)c4)c(=O)c23)cc1. The van der Waals surface area contributed by atoms with Gasteiger partial charge in [0.2, 0.25) is 0 Å². The Morgan fingerprint density at radius 3 is 2.45 bits per heavy atom. The summed E-state index contributed by atoms with van der Waals surface area (Å²) in [5, 5.41) is 2.63. The summed E-state index contributed by atoms with van der Waals surface area (Å²) in [5.41, 5.74) is 4.13. The van der Waals surface area contributed by atoms with Gasteiger partial charge in [-0.15, -0.1) is 11.3 Å². The molecule has 4 rings (SSSR count). The van der Waals surface area contributed by atoms with Crippen LogP contribution in [-0.4, -0.2) is 23.3 Å². The average molecular weight is 407 g/mol. The topological polar surface area (TPSA) is 53.4 Å². The monoisotopic (exact) mass is 406 g/mol. The van der Waals surface area contributed by atoms with Crippen molar-refractivity contribution in [3.05, 3.63) is 75.7 Å². The van der Waals surface area contributed by atoms with E-state index in [1.54, 1.807) is 18.0 Å². The van der Waals surface area contributed by atoms with E-state index in [-0.39, 0.29) is 5.56 Å². The summed E-state index contributed by atoms with van der Waals surface area (Å²) < 4.78 is 12.7. The molecule has 4 aromatic rings. The van der Waals surface area contributed by atoms with E-state index in [0.717, 1.165) is 38.6 Å². The third-order valence-corrected chi connectivity index (χ3v) is 5.64. The molecule has 2 aromatic carbocycles. The van der Waals surface area contributed by atoms with Crippen molar-refractivity contribution in [2.75, 3.05) is 13.7 Å². The number of benzene rings is 2. The van der Waals surface area contributed by atoms with E-state index in [2.05, 4.69) is 11.1 Å². The van der Waals surface area contributed by atoms with Crippen molar-refractivity contribution in [1.29, 1.82) is 0 Å². The van der Waals surface area contributed by atoms with Crippen LogP contribution in [0.4, 0.5) is 0 Å². The van der Waals surface area contributed by atoms with Gasteiger partial charge < -0.3 is 9.47 Å². The molecule has 0 N–H and O–H groups in total. The highest BCUT2D eigenvalue weighted by atomic mass is 32.1. The van der Waals surface area contributed by atoms with Crippen molar-refractivity contribution in [3.63, 3.8) is 0 Å². The fourth-order valence-electron chi connectivity index (χ4n) is 3.39. The smallest absolute Gasteiger partial charge is 0.262 e. The molecular weight excluding hydrogens is 384 g/mol. The number of methoxy groups -OCH3 is 1. The van der Waals surface area contributed by atoms with E-state index in [0.29, 0.717) is 18.5 Å². The van der Waals surface area contributed by atoms with E-state index < -0.39 is 0 Å². The minimum Gasteiger partial charge on any atom is -0.497 e. The molecule has 0 fully saturated rings. The molecule has 0 radical (unpaired) electrons. The summed E-state index contributed by atoms with van der Waals surface area (Å²) in [4.78, 5) is 18.3. The summed E-state index contributed by atoms with van der Waals surface area (Å²) >= 11 is 1.48. The van der Waals surface area contributed by atoms with Gasteiger partial charge in [-0.25, -0.2) is 4.98 Å². The van der Waals surface area contributed by atoms with E-state index in [1.807, 2.05) is 55.6 Å². The third-order valence-electron chi connectivity index (χ3n) is 4.76. The molecule has 0 atom stereocenters. The van der Waals surface area contributed by atoms with Crippen LogP contribution in [0.2, 0.25) is 0 Å². The maximum absolute atomic E-state index is 13.1. The second-order valence-corrected chi connectivity index (χ2v) is 7.83. The maximum atomic E-state index is 13.1. The molecule has 0 aliphatic rings. The Bertz CT molecular complexity index is 1190. The molecule has 2 aromatic heterocycles. The van der Waals surface area contributed by atoms with Gasteiger partial charge in [0.25, 0.3) is 5.56 Å². The number of hydrogen-bond donors (Lipinski definition) is 0. The van der Waals surface area contributed by atoms with E-state index >= 15 is 0 Å². The van der Waals surface area contributed by atoms with Gasteiger partial charge in [0.05, 0.1) is 25.4 Å². The summed E-state index contributed by atoms with van der Waals surface area (Å²) in [7, 11) is 1.64. The number of rotatable bonds is 6. The van der Waals surface area contributed by atoms with Gasteiger partial charge >= 0.3 is 0 Å². The lowest BCUT2D eigenvalue weighted by Crippen LogP contribution is -2.23. The molecule has 0 bridgehead atoms. The summed E-state index contributed by atoms with van der Waals surface area (Å²) in [6.07, 6.45) is 1.60. The van der Waals surface area contributed by atoms with Crippen LogP contribution in [0.3, 0.4) is 0 Å². The predicted molar refractivity (Wildman–Crippen MR) is 117 cm³/mol. The number of nitrogens with zero attached hydrogens (tertiary/aromatic N) is 2. The van der Waals surface area contributed by atoms with Gasteiger partial charge in [0, 0.05) is 10.9 Å². The zero-order valence-corrected chi connectivity index (χ0v) is 17.5. The van der Waals surface area contributed by atoms with Gasteiger partial charge in [-0.1, -0.05) is 18.2 Å². The van der Waals surface area contributed by atoms with Crippen LogP contribution in [-0.2, 0) is 6.54 Å². The molecule has 6 heteroatoms. The highest BCUT2D eigenvalue weighted by Gasteiger charge is 2.13. The molecule has 0 saturated carbocycles. The molecular formula is C23H22N2O3S. The molecule has 29 heavy (non-hydrogen) atoms. The Morgan fingerprint density at radius 2 is 1.76 bits per heavy atom. The molecule has 2 heterocycles. The number of fused-ring (bicyclic) bond motifs is 1. The van der Waals surface area contributed by atoms with Gasteiger partial charge in [-0.2, -0.15) is 0 Å². The second kappa shape index (κ2) is 8.09. The zero-order valence-electron chi connectivity index (χ0n) is 16.6. The standard InChI is InChI=1S/C23H22N2O3S/c1-15-10-16(2)12-19(11-15)28-9-8-25-14-24-22-21(23(25)26)20(13-29-22)17-4-6-18(27-3)7-5-17/h4-7,10-14H,8-9H2,1-3H3. The van der Waals surface area contributed by atoms with Crippen LogP contribution in [0.1, 0.15) is 11.1 Å². The average Bonchev–Trinajstić information content (AvgIpc) is 3.14. The molecule has 0 aliphatic carbocycles. The first-order valence-corrected chi connectivity index (χ1v) is 10.3. The van der Waals surface area contributed by atoms with Crippen LogP contribution in [0.5, 0.6) is 11.5 Å². The lowest BCUT2D eigenvalue weighted by Gasteiger charge is -2.10. The molecule has 0 unspecified atom stereocenters. The number of aryl methyl sites for hydroxylation is 2. The number of ether oxygens (including phenoxy) is 2. The Labute approximate surface area is 173 Å². The Kier molecular flexibility index (Phi) is 5.36. The molecule has 0 spiro atoms. The number of hydrogen-bond acceptors (Lipinski definition) is 5. The van der Waals surface area contributed by atoms with Crippen LogP contribution >= 0.6 is 11.3 Å². The molecule has 0 amide bonds. The quantitative estimate of drug-likeness (QED) is 0.460. The maximum Gasteiger partial charge on any atom is 0.262 e. The third kappa shape index (κ3) is 4.03. The Morgan fingerprint density at radius 1 is 1.03 bits per heavy atom. The molecule has 0 aliphatic heterocycles. The number of aromatic nitrogens is 2. The summed E-state index contributed by atoms with van der Waals surface area (Å²) in [6, 6.07) is 13.8. The van der Waals surface area contributed by atoms with E-state index in [4.69, 9.17) is 9.47 Å². The molecule has 5 nitrogen and oxygen atoms in total. The molecule has 0 saturated heterocycles. The highest BCUT2D eigenvalue weighted by molar-refractivity contribution is 7.17. The lowest BCUT2D eigenvalue weighted by molar-refractivity contribution is 0.295. The highest BCUT2D eigenvalue weighted by Crippen LogP contribution is 2.31. The van der Waals surface area contributed by atoms with Gasteiger partial charge in [0.15, 0.2) is 0 Å². The van der Waals surface area contributed by atoms with Crippen molar-refractivity contribution < 1.29 is 9.47 Å². The van der Waals surface area contributed by atoms with Gasteiger partial charge in [-0.05, 0) is 54.8 Å². The Hall–Kier alpha value is -3.12.